The maximum atomic E-state index is 12.5. The molecule has 0 N–H and O–H groups in total. The minimum Gasteiger partial charge on any atom is -0.355 e. The van der Waals surface area contributed by atoms with Crippen molar-refractivity contribution in [3.05, 3.63) is 47.7 Å². The first kappa shape index (κ1) is 19.0. The summed E-state index contributed by atoms with van der Waals surface area (Å²) >= 11 is 0. The Labute approximate surface area is 138 Å². The summed E-state index contributed by atoms with van der Waals surface area (Å²) in [7, 11) is -5.90. The molecule has 11 heteroatoms. The van der Waals surface area contributed by atoms with E-state index in [1.807, 2.05) is 0 Å². The van der Waals surface area contributed by atoms with Gasteiger partial charge in [-0.1, -0.05) is 12.1 Å². The van der Waals surface area contributed by atoms with Crippen LogP contribution in [0, 0.1) is 6.92 Å². The van der Waals surface area contributed by atoms with Crippen LogP contribution in [-0.4, -0.2) is 18.9 Å². The van der Waals surface area contributed by atoms with E-state index in [2.05, 4.69) is 9.17 Å². The highest BCUT2D eigenvalue weighted by atomic mass is 32.2. The fourth-order valence-corrected chi connectivity index (χ4v) is 2.26. The van der Waals surface area contributed by atoms with Crippen molar-refractivity contribution < 1.29 is 38.9 Å². The number of hydrogen-bond donors (Lipinski definition) is 0. The minimum atomic E-state index is -5.90. The van der Waals surface area contributed by atoms with E-state index in [0.717, 1.165) is 30.3 Å². The van der Waals surface area contributed by atoms with Gasteiger partial charge in [0, 0.05) is 11.8 Å². The van der Waals surface area contributed by atoms with E-state index in [9.17, 15) is 34.8 Å². The van der Waals surface area contributed by atoms with Gasteiger partial charge in [0.25, 0.3) is 0 Å². The van der Waals surface area contributed by atoms with Gasteiger partial charge in [-0.05, 0) is 36.2 Å². The van der Waals surface area contributed by atoms with Gasteiger partial charge in [-0.2, -0.15) is 34.8 Å². The zero-order valence-electron chi connectivity index (χ0n) is 12.3. The van der Waals surface area contributed by atoms with Gasteiger partial charge in [0.05, 0.1) is 5.56 Å². The van der Waals surface area contributed by atoms with Gasteiger partial charge in [-0.3, -0.25) is 0 Å². The molecule has 0 fully saturated rings. The maximum Gasteiger partial charge on any atom is 0.534 e. The normalized spacial score (nSPS) is 12.9. The highest BCUT2D eigenvalue weighted by molar-refractivity contribution is 7.87. The molecule has 25 heavy (non-hydrogen) atoms. The smallest absolute Gasteiger partial charge is 0.355 e. The van der Waals surface area contributed by atoms with Crippen molar-refractivity contribution in [2.45, 2.75) is 18.6 Å². The van der Waals surface area contributed by atoms with Crippen molar-refractivity contribution in [1.29, 1.82) is 0 Å². The lowest BCUT2D eigenvalue weighted by molar-refractivity contribution is -0.137. The molecule has 1 aromatic heterocycles. The second kappa shape index (κ2) is 6.21. The molecule has 0 amide bonds. The van der Waals surface area contributed by atoms with Crippen LogP contribution in [0.15, 0.2) is 36.4 Å². The number of rotatable bonds is 3. The molecule has 2 aromatic rings. The van der Waals surface area contributed by atoms with Gasteiger partial charge in [0.1, 0.15) is 0 Å². The summed E-state index contributed by atoms with van der Waals surface area (Å²) in [5.74, 6) is -0.841. The van der Waals surface area contributed by atoms with Crippen LogP contribution >= 0.6 is 0 Å². The number of alkyl halides is 6. The molecule has 136 valence electrons. The van der Waals surface area contributed by atoms with Crippen molar-refractivity contribution in [3.63, 3.8) is 0 Å². The Kier molecular flexibility index (Phi) is 4.73. The van der Waals surface area contributed by atoms with E-state index in [4.69, 9.17) is 0 Å². The molecule has 0 aliphatic rings. The Morgan fingerprint density at radius 1 is 0.920 bits per heavy atom. The number of aromatic nitrogens is 1. The Hall–Kier alpha value is -2.30. The van der Waals surface area contributed by atoms with Gasteiger partial charge in [-0.25, -0.2) is 4.98 Å². The summed E-state index contributed by atoms with van der Waals surface area (Å²) in [6.07, 6.45) is -4.54. The third-order valence-electron chi connectivity index (χ3n) is 2.95. The summed E-state index contributed by atoms with van der Waals surface area (Å²) in [6.45, 7) is 1.36. The zero-order valence-corrected chi connectivity index (χ0v) is 13.1. The molecule has 0 saturated carbocycles. The van der Waals surface area contributed by atoms with Crippen LogP contribution in [0.25, 0.3) is 11.1 Å². The highest BCUT2D eigenvalue weighted by Crippen LogP contribution is 2.32. The molecule has 0 aliphatic heterocycles. The van der Waals surface area contributed by atoms with Gasteiger partial charge in [0.15, 0.2) is 0 Å². The van der Waals surface area contributed by atoms with E-state index in [1.54, 1.807) is 0 Å². The fourth-order valence-electron chi connectivity index (χ4n) is 1.86. The molecular formula is C14H9F6NO3S. The molecule has 4 nitrogen and oxygen atoms in total. The Balaban J connectivity index is 2.40. The van der Waals surface area contributed by atoms with Crippen LogP contribution < -0.4 is 4.18 Å². The average Bonchev–Trinajstić information content (AvgIpc) is 2.44. The molecule has 0 saturated heterocycles. The maximum absolute atomic E-state index is 12.5. The summed E-state index contributed by atoms with van der Waals surface area (Å²) in [4.78, 5) is 3.53. The number of aryl methyl sites for hydroxylation is 1. The SMILES string of the molecule is Cc1cc(-c2ccc(C(F)(F)F)cc2)cc(OS(=O)(=O)C(F)(F)F)n1. The molecule has 0 unspecified atom stereocenters. The molecule has 0 radical (unpaired) electrons. The quantitative estimate of drug-likeness (QED) is 0.449. The standard InChI is InChI=1S/C14H9F6NO3S/c1-8-6-10(9-2-4-11(5-3-9)13(15,16)17)7-12(21-8)24-25(22,23)14(18,19)20/h2-7H,1H3. The number of benzene rings is 1. The Bertz CT molecular complexity index is 873. The summed E-state index contributed by atoms with van der Waals surface area (Å²) in [5, 5.41) is 0. The summed E-state index contributed by atoms with van der Waals surface area (Å²) in [6, 6.07) is 6.02. The highest BCUT2D eigenvalue weighted by Gasteiger charge is 2.48. The van der Waals surface area contributed by atoms with Crippen LogP contribution in [0.1, 0.15) is 11.3 Å². The lowest BCUT2D eigenvalue weighted by atomic mass is 10.0. The first-order chi connectivity index (χ1) is 11.3. The predicted octanol–water partition coefficient (Wildman–Crippen LogP) is 4.30. The number of pyridine rings is 1. The summed E-state index contributed by atoms with van der Waals surface area (Å²) in [5.41, 5.74) is -6.06. The molecule has 2 rings (SSSR count). The summed E-state index contributed by atoms with van der Waals surface area (Å²) < 4.78 is 101. The van der Waals surface area contributed by atoms with Crippen LogP contribution in [0.3, 0.4) is 0 Å². The lowest BCUT2D eigenvalue weighted by Gasteiger charge is -2.11. The van der Waals surface area contributed by atoms with Crippen LogP contribution in [-0.2, 0) is 16.3 Å². The lowest BCUT2D eigenvalue weighted by Crippen LogP contribution is -2.28. The van der Waals surface area contributed by atoms with E-state index in [1.165, 1.54) is 13.0 Å². The van der Waals surface area contributed by atoms with E-state index in [-0.39, 0.29) is 16.8 Å². The van der Waals surface area contributed by atoms with Gasteiger partial charge < -0.3 is 4.18 Å². The van der Waals surface area contributed by atoms with E-state index < -0.39 is 33.2 Å². The number of nitrogens with zero attached hydrogens (tertiary/aromatic N) is 1. The van der Waals surface area contributed by atoms with E-state index in [0.29, 0.717) is 0 Å². The number of halogens is 6. The minimum absolute atomic E-state index is 0.116. The van der Waals surface area contributed by atoms with Crippen LogP contribution in [0.5, 0.6) is 5.88 Å². The first-order valence-corrected chi connectivity index (χ1v) is 7.87. The second-order valence-corrected chi connectivity index (χ2v) is 6.43. The molecule has 0 spiro atoms. The van der Waals surface area contributed by atoms with Crippen molar-refractivity contribution in [1.82, 2.24) is 4.98 Å². The first-order valence-electron chi connectivity index (χ1n) is 6.47. The van der Waals surface area contributed by atoms with Gasteiger partial charge >= 0.3 is 21.8 Å². The van der Waals surface area contributed by atoms with Crippen molar-refractivity contribution in [3.8, 4) is 17.0 Å². The van der Waals surface area contributed by atoms with Gasteiger partial charge in [0.2, 0.25) is 5.88 Å². The van der Waals surface area contributed by atoms with Crippen molar-refractivity contribution in [2.75, 3.05) is 0 Å². The zero-order chi connectivity index (χ0) is 19.0. The van der Waals surface area contributed by atoms with Crippen LogP contribution in [0.4, 0.5) is 26.3 Å². The number of hydrogen-bond acceptors (Lipinski definition) is 4. The third-order valence-corrected chi connectivity index (χ3v) is 3.91. The third kappa shape index (κ3) is 4.41. The largest absolute Gasteiger partial charge is 0.534 e. The molecule has 1 aromatic carbocycles. The van der Waals surface area contributed by atoms with Crippen molar-refractivity contribution in [2.24, 2.45) is 0 Å². The fraction of sp³-hybridized carbons (Fsp3) is 0.214. The molecule has 1 heterocycles. The predicted molar refractivity (Wildman–Crippen MR) is 75.0 cm³/mol. The average molecular weight is 385 g/mol. The monoisotopic (exact) mass is 385 g/mol. The molecule has 0 bridgehead atoms. The molecule has 0 aliphatic carbocycles. The van der Waals surface area contributed by atoms with Crippen LogP contribution in [0.2, 0.25) is 0 Å². The molecular weight excluding hydrogens is 376 g/mol. The molecule has 0 atom stereocenters. The van der Waals surface area contributed by atoms with E-state index >= 15 is 0 Å². The van der Waals surface area contributed by atoms with Crippen molar-refractivity contribution >= 4 is 10.1 Å². The second-order valence-electron chi connectivity index (χ2n) is 4.89. The Morgan fingerprint density at radius 2 is 1.48 bits per heavy atom. The topological polar surface area (TPSA) is 56.3 Å². The Morgan fingerprint density at radius 3 is 1.96 bits per heavy atom. The van der Waals surface area contributed by atoms with Gasteiger partial charge in [-0.15, -0.1) is 0 Å².